The fourth-order valence-corrected chi connectivity index (χ4v) is 5.10. The van der Waals surface area contributed by atoms with E-state index >= 15 is 0 Å². The van der Waals surface area contributed by atoms with Gasteiger partial charge in [0.05, 0.1) is 5.56 Å². The molecule has 0 aliphatic carbocycles. The Morgan fingerprint density at radius 2 is 1.97 bits per heavy atom. The topological polar surface area (TPSA) is 68.8 Å². The molecule has 3 heterocycles. The number of likely N-dealkylation sites (tertiary alicyclic amines) is 1. The number of halogens is 1. The van der Waals surface area contributed by atoms with Crippen LogP contribution in [0.5, 0.6) is 0 Å². The highest BCUT2D eigenvalue weighted by molar-refractivity contribution is 5.97. The Kier molecular flexibility index (Phi) is 8.46. The molecular weight excluding hydrogens is 445 g/mol. The molecule has 2 unspecified atom stereocenters. The molecule has 1 N–H and O–H groups in total. The summed E-state index contributed by atoms with van der Waals surface area (Å²) in [5.74, 6) is 0.0260. The van der Waals surface area contributed by atoms with Crippen LogP contribution in [0.1, 0.15) is 42.6 Å². The maximum atomic E-state index is 13.7. The van der Waals surface area contributed by atoms with Gasteiger partial charge in [-0.2, -0.15) is 0 Å². The van der Waals surface area contributed by atoms with E-state index in [2.05, 4.69) is 29.0 Å². The molecule has 35 heavy (non-hydrogen) atoms. The van der Waals surface area contributed by atoms with Crippen molar-refractivity contribution >= 4 is 11.8 Å². The quantitative estimate of drug-likeness (QED) is 0.659. The minimum Gasteiger partial charge on any atom is -0.340 e. The Morgan fingerprint density at radius 1 is 1.17 bits per heavy atom. The van der Waals surface area contributed by atoms with Crippen molar-refractivity contribution in [3.8, 4) is 0 Å². The first-order valence-electron chi connectivity index (χ1n) is 12.6. The minimum atomic E-state index is -0.506. The maximum Gasteiger partial charge on any atom is 0.256 e. The SMILES string of the molecule is CC(C)CN(Cc1ccc(F)cc1)C1CC(C(=O)N2CCCNCC2)N(C(=O)c2cccnc2)C1. The van der Waals surface area contributed by atoms with Crippen molar-refractivity contribution in [1.82, 2.24) is 25.0 Å². The molecule has 2 aromatic rings. The Morgan fingerprint density at radius 3 is 2.69 bits per heavy atom. The first-order valence-corrected chi connectivity index (χ1v) is 12.6. The second-order valence-corrected chi connectivity index (χ2v) is 9.98. The summed E-state index contributed by atoms with van der Waals surface area (Å²) in [5, 5.41) is 3.34. The van der Waals surface area contributed by atoms with Crippen molar-refractivity contribution in [1.29, 1.82) is 0 Å². The van der Waals surface area contributed by atoms with Gasteiger partial charge in [0.2, 0.25) is 5.91 Å². The Balaban J connectivity index is 1.59. The van der Waals surface area contributed by atoms with Crippen molar-refractivity contribution in [2.75, 3.05) is 39.3 Å². The molecule has 188 valence electrons. The Hall–Kier alpha value is -2.84. The van der Waals surface area contributed by atoms with Crippen LogP contribution in [0.15, 0.2) is 48.8 Å². The number of hydrogen-bond acceptors (Lipinski definition) is 5. The summed E-state index contributed by atoms with van der Waals surface area (Å²) in [7, 11) is 0. The Bertz CT molecular complexity index is 977. The summed E-state index contributed by atoms with van der Waals surface area (Å²) in [4.78, 5) is 37.4. The summed E-state index contributed by atoms with van der Waals surface area (Å²) in [6.45, 7) is 9.30. The van der Waals surface area contributed by atoms with E-state index in [1.807, 2.05) is 17.0 Å². The summed E-state index contributed by atoms with van der Waals surface area (Å²) in [6.07, 6.45) is 4.70. The normalized spacial score (nSPS) is 20.9. The van der Waals surface area contributed by atoms with E-state index in [4.69, 9.17) is 0 Å². The highest BCUT2D eigenvalue weighted by atomic mass is 19.1. The number of carbonyl (C=O) groups is 2. The van der Waals surface area contributed by atoms with E-state index in [0.717, 1.165) is 31.6 Å². The summed E-state index contributed by atoms with van der Waals surface area (Å²) in [6, 6.07) is 9.61. The van der Waals surface area contributed by atoms with Gasteiger partial charge in [0, 0.05) is 57.7 Å². The number of nitrogens with one attached hydrogen (secondary N) is 1. The van der Waals surface area contributed by atoms with Crippen LogP contribution in [0.2, 0.25) is 0 Å². The zero-order valence-electron chi connectivity index (χ0n) is 20.7. The number of amides is 2. The fraction of sp³-hybridized carbons (Fsp3) is 0.519. The van der Waals surface area contributed by atoms with Gasteiger partial charge in [0.15, 0.2) is 0 Å². The standard InChI is InChI=1S/C27H36FN5O2/c1-20(2)17-32(18-21-6-8-23(28)9-7-21)24-15-25(27(35)31-13-4-11-29-12-14-31)33(19-24)26(34)22-5-3-10-30-16-22/h3,5-10,16,20,24-25,29H,4,11-15,17-19H2,1-2H3. The van der Waals surface area contributed by atoms with Crippen LogP contribution in [0.3, 0.4) is 0 Å². The third kappa shape index (κ3) is 6.44. The van der Waals surface area contributed by atoms with E-state index in [1.54, 1.807) is 29.4 Å². The smallest absolute Gasteiger partial charge is 0.256 e. The lowest BCUT2D eigenvalue weighted by Crippen LogP contribution is -2.48. The lowest BCUT2D eigenvalue weighted by atomic mass is 10.1. The van der Waals surface area contributed by atoms with Gasteiger partial charge >= 0.3 is 0 Å². The van der Waals surface area contributed by atoms with Crippen molar-refractivity contribution in [3.63, 3.8) is 0 Å². The molecule has 0 saturated carbocycles. The minimum absolute atomic E-state index is 0.0275. The van der Waals surface area contributed by atoms with Gasteiger partial charge in [-0.05, 0) is 55.1 Å². The van der Waals surface area contributed by atoms with Crippen molar-refractivity contribution in [2.45, 2.75) is 45.3 Å². The zero-order valence-corrected chi connectivity index (χ0v) is 20.7. The molecule has 2 aliphatic rings. The summed E-state index contributed by atoms with van der Waals surface area (Å²) < 4.78 is 13.5. The molecule has 7 nitrogen and oxygen atoms in total. The van der Waals surface area contributed by atoms with Gasteiger partial charge in [-0.1, -0.05) is 26.0 Å². The van der Waals surface area contributed by atoms with Crippen LogP contribution in [-0.4, -0.2) is 82.9 Å². The van der Waals surface area contributed by atoms with Gasteiger partial charge in [-0.3, -0.25) is 19.5 Å². The van der Waals surface area contributed by atoms with E-state index in [0.29, 0.717) is 44.1 Å². The lowest BCUT2D eigenvalue weighted by Gasteiger charge is -2.30. The van der Waals surface area contributed by atoms with Crippen LogP contribution in [0.4, 0.5) is 4.39 Å². The second-order valence-electron chi connectivity index (χ2n) is 9.98. The molecule has 0 radical (unpaired) electrons. The predicted molar refractivity (Wildman–Crippen MR) is 133 cm³/mol. The average Bonchev–Trinajstić information content (AvgIpc) is 3.12. The van der Waals surface area contributed by atoms with Crippen molar-refractivity contribution in [2.24, 2.45) is 5.92 Å². The zero-order chi connectivity index (χ0) is 24.8. The molecule has 1 aromatic heterocycles. The number of carbonyl (C=O) groups excluding carboxylic acids is 2. The molecule has 0 bridgehead atoms. The molecule has 4 rings (SSSR count). The van der Waals surface area contributed by atoms with E-state index < -0.39 is 6.04 Å². The predicted octanol–water partition coefficient (Wildman–Crippen LogP) is 2.78. The first-order chi connectivity index (χ1) is 16.9. The number of benzene rings is 1. The molecular formula is C27H36FN5O2. The number of aromatic nitrogens is 1. The maximum absolute atomic E-state index is 13.7. The van der Waals surface area contributed by atoms with Crippen LogP contribution in [-0.2, 0) is 11.3 Å². The van der Waals surface area contributed by atoms with Gasteiger partial charge in [0.1, 0.15) is 11.9 Å². The molecule has 2 saturated heterocycles. The third-order valence-corrected chi connectivity index (χ3v) is 6.80. The average molecular weight is 482 g/mol. The number of hydrogen-bond donors (Lipinski definition) is 1. The van der Waals surface area contributed by atoms with Gasteiger partial charge in [0.25, 0.3) is 5.91 Å². The summed E-state index contributed by atoms with van der Waals surface area (Å²) in [5.41, 5.74) is 1.52. The van der Waals surface area contributed by atoms with Crippen LogP contribution in [0.25, 0.3) is 0 Å². The third-order valence-electron chi connectivity index (χ3n) is 6.80. The molecule has 1 aromatic carbocycles. The molecule has 0 spiro atoms. The van der Waals surface area contributed by atoms with Gasteiger partial charge < -0.3 is 15.1 Å². The highest BCUT2D eigenvalue weighted by Gasteiger charge is 2.43. The molecule has 8 heteroatoms. The monoisotopic (exact) mass is 481 g/mol. The van der Waals surface area contributed by atoms with Gasteiger partial charge in [-0.25, -0.2) is 4.39 Å². The van der Waals surface area contributed by atoms with Crippen LogP contribution < -0.4 is 5.32 Å². The fourth-order valence-electron chi connectivity index (χ4n) is 5.10. The van der Waals surface area contributed by atoms with E-state index in [1.165, 1.54) is 12.1 Å². The Labute approximate surface area is 207 Å². The summed E-state index contributed by atoms with van der Waals surface area (Å²) >= 11 is 0. The molecule has 2 aliphatic heterocycles. The number of rotatable bonds is 7. The first kappa shape index (κ1) is 25.3. The molecule has 2 atom stereocenters. The lowest BCUT2D eigenvalue weighted by molar-refractivity contribution is -0.135. The van der Waals surface area contributed by atoms with Crippen molar-refractivity contribution in [3.05, 3.63) is 65.7 Å². The largest absolute Gasteiger partial charge is 0.340 e. The second kappa shape index (κ2) is 11.7. The van der Waals surface area contributed by atoms with E-state index in [-0.39, 0.29) is 23.7 Å². The van der Waals surface area contributed by atoms with Crippen LogP contribution in [0, 0.1) is 11.7 Å². The van der Waals surface area contributed by atoms with Gasteiger partial charge in [-0.15, -0.1) is 0 Å². The number of pyridine rings is 1. The molecule has 2 amide bonds. The van der Waals surface area contributed by atoms with Crippen molar-refractivity contribution < 1.29 is 14.0 Å². The van der Waals surface area contributed by atoms with E-state index in [9.17, 15) is 14.0 Å². The molecule has 2 fully saturated rings. The van der Waals surface area contributed by atoms with Crippen LogP contribution >= 0.6 is 0 Å². The highest BCUT2D eigenvalue weighted by Crippen LogP contribution is 2.28. The number of nitrogens with zero attached hydrogens (tertiary/aromatic N) is 4.